The Balaban J connectivity index is 0.00000144. The van der Waals surface area contributed by atoms with Crippen LogP contribution in [0.5, 0.6) is 0 Å². The first-order chi connectivity index (χ1) is 5.70. The third-order valence-electron chi connectivity index (χ3n) is 1.17. The maximum Gasteiger partial charge on any atom is 0.334 e. The lowest BCUT2D eigenvalue weighted by atomic mass is 10.2. The van der Waals surface area contributed by atoms with Crippen LogP contribution in [0.4, 0.5) is 0 Å². The van der Waals surface area contributed by atoms with Gasteiger partial charge >= 0.3 is 11.1 Å². The average Bonchev–Trinajstić information content (AvgIpc) is 2.05. The van der Waals surface area contributed by atoms with Crippen molar-refractivity contribution in [2.45, 2.75) is 0 Å². The Morgan fingerprint density at radius 3 is 2.31 bits per heavy atom. The molecule has 6 nitrogen and oxygen atoms in total. The summed E-state index contributed by atoms with van der Waals surface area (Å²) in [6, 6.07) is 7.76. The normalized spacial score (nSPS) is 8.31. The van der Waals surface area contributed by atoms with Crippen molar-refractivity contribution in [2.75, 3.05) is 0 Å². The molecule has 0 aliphatic carbocycles. The SMILES string of the molecule is N.O=C(O[N+](=O)[O-])c1ccccc1. The minimum Gasteiger partial charge on any atom is -0.344 e. The molecule has 1 aromatic rings. The molecule has 3 N–H and O–H groups in total. The summed E-state index contributed by atoms with van der Waals surface area (Å²) in [5.74, 6) is -0.958. The molecule has 0 bridgehead atoms. The molecule has 0 fully saturated rings. The summed E-state index contributed by atoms with van der Waals surface area (Å²) in [5.41, 5.74) is 0.161. The van der Waals surface area contributed by atoms with E-state index in [-0.39, 0.29) is 11.7 Å². The number of hydrogen-bond acceptors (Lipinski definition) is 5. The van der Waals surface area contributed by atoms with Crippen molar-refractivity contribution in [1.29, 1.82) is 0 Å². The number of hydrogen-bond donors (Lipinski definition) is 1. The van der Waals surface area contributed by atoms with Gasteiger partial charge in [0.1, 0.15) is 0 Å². The van der Waals surface area contributed by atoms with Gasteiger partial charge in [-0.05, 0) is 12.1 Å². The van der Waals surface area contributed by atoms with Gasteiger partial charge in [-0.3, -0.25) is 4.79 Å². The van der Waals surface area contributed by atoms with Crippen molar-refractivity contribution < 1.29 is 14.7 Å². The number of carbonyl (C=O) groups is 1. The monoisotopic (exact) mass is 184 g/mol. The van der Waals surface area contributed by atoms with Crippen LogP contribution in [-0.4, -0.2) is 11.1 Å². The highest BCUT2D eigenvalue weighted by molar-refractivity contribution is 5.88. The largest absolute Gasteiger partial charge is 0.344 e. The molecule has 0 spiro atoms. The second kappa shape index (κ2) is 4.83. The molecule has 0 saturated carbocycles. The maximum atomic E-state index is 10.8. The summed E-state index contributed by atoms with van der Waals surface area (Å²) >= 11 is 0. The van der Waals surface area contributed by atoms with Gasteiger partial charge in [-0.15, -0.1) is 10.1 Å². The maximum absolute atomic E-state index is 10.8. The second-order valence-electron chi connectivity index (χ2n) is 1.97. The Kier molecular flexibility index (Phi) is 4.11. The molecule has 70 valence electrons. The Bertz CT molecular complexity index is 299. The lowest BCUT2D eigenvalue weighted by molar-refractivity contribution is -0.727. The van der Waals surface area contributed by atoms with Gasteiger partial charge in [-0.1, -0.05) is 18.2 Å². The average molecular weight is 184 g/mol. The van der Waals surface area contributed by atoms with Crippen LogP contribution < -0.4 is 6.15 Å². The van der Waals surface area contributed by atoms with E-state index < -0.39 is 11.1 Å². The predicted octanol–water partition coefficient (Wildman–Crippen LogP) is 1.20. The van der Waals surface area contributed by atoms with Crippen molar-refractivity contribution in [3.8, 4) is 0 Å². The van der Waals surface area contributed by atoms with Gasteiger partial charge in [-0.25, -0.2) is 4.84 Å². The molecule has 0 radical (unpaired) electrons. The van der Waals surface area contributed by atoms with Gasteiger partial charge in [0, 0.05) is 5.56 Å². The van der Waals surface area contributed by atoms with Crippen LogP contribution in [0.1, 0.15) is 10.4 Å². The fourth-order valence-electron chi connectivity index (χ4n) is 0.695. The summed E-state index contributed by atoms with van der Waals surface area (Å²) in [6.45, 7) is 0. The van der Waals surface area contributed by atoms with Gasteiger partial charge in [-0.2, -0.15) is 0 Å². The van der Waals surface area contributed by atoms with Crippen LogP contribution in [-0.2, 0) is 4.84 Å². The highest BCUT2D eigenvalue weighted by Crippen LogP contribution is 2.00. The summed E-state index contributed by atoms with van der Waals surface area (Å²) in [7, 11) is 0. The summed E-state index contributed by atoms with van der Waals surface area (Å²) in [6.07, 6.45) is 0. The van der Waals surface area contributed by atoms with Crippen LogP contribution in [0, 0.1) is 10.1 Å². The van der Waals surface area contributed by atoms with Gasteiger partial charge < -0.3 is 6.15 Å². The molecular formula is C7H8N2O4. The molecule has 1 aromatic carbocycles. The summed E-state index contributed by atoms with van der Waals surface area (Å²) < 4.78 is 0. The second-order valence-corrected chi connectivity index (χ2v) is 1.97. The van der Waals surface area contributed by atoms with E-state index >= 15 is 0 Å². The van der Waals surface area contributed by atoms with E-state index in [0.717, 1.165) is 0 Å². The Morgan fingerprint density at radius 1 is 1.31 bits per heavy atom. The van der Waals surface area contributed by atoms with E-state index in [4.69, 9.17) is 0 Å². The van der Waals surface area contributed by atoms with Crippen LogP contribution in [0.15, 0.2) is 30.3 Å². The molecule has 1 rings (SSSR count). The van der Waals surface area contributed by atoms with Crippen molar-refractivity contribution >= 4 is 5.97 Å². The van der Waals surface area contributed by atoms with Crippen molar-refractivity contribution in [2.24, 2.45) is 0 Å². The fourth-order valence-corrected chi connectivity index (χ4v) is 0.695. The lowest BCUT2D eigenvalue weighted by Gasteiger charge is -1.95. The fraction of sp³-hybridized carbons (Fsp3) is 0. The summed E-state index contributed by atoms with van der Waals surface area (Å²) in [5, 5.41) is 8.62. The first-order valence-electron chi connectivity index (χ1n) is 3.12. The predicted molar refractivity (Wildman–Crippen MR) is 43.9 cm³/mol. The van der Waals surface area contributed by atoms with Crippen LogP contribution in [0.3, 0.4) is 0 Å². The Morgan fingerprint density at radius 2 is 1.85 bits per heavy atom. The van der Waals surface area contributed by atoms with E-state index in [2.05, 4.69) is 4.84 Å². The molecule has 0 aliphatic heterocycles. The van der Waals surface area contributed by atoms with Gasteiger partial charge in [0.2, 0.25) is 0 Å². The molecular weight excluding hydrogens is 176 g/mol. The third kappa shape index (κ3) is 3.30. The zero-order chi connectivity index (χ0) is 8.97. The first-order valence-corrected chi connectivity index (χ1v) is 3.12. The number of carbonyl (C=O) groups excluding carboxylic acids is 1. The molecule has 0 aromatic heterocycles. The summed E-state index contributed by atoms with van der Waals surface area (Å²) in [4.78, 5) is 24.3. The number of nitrogens with zero attached hydrogens (tertiary/aromatic N) is 1. The molecule has 0 saturated heterocycles. The van der Waals surface area contributed by atoms with Crippen molar-refractivity contribution in [1.82, 2.24) is 6.15 Å². The standard InChI is InChI=1S/C7H5NO4.H3N/c9-7(12-8(10)11)6-4-2-1-3-5-6;/h1-5H;1H3. The zero-order valence-corrected chi connectivity index (χ0v) is 6.67. The molecule has 0 unspecified atom stereocenters. The third-order valence-corrected chi connectivity index (χ3v) is 1.17. The highest BCUT2D eigenvalue weighted by Gasteiger charge is 2.08. The van der Waals surface area contributed by atoms with Crippen molar-refractivity contribution in [3.05, 3.63) is 46.0 Å². The topological polar surface area (TPSA) is 104 Å². The molecule has 0 heterocycles. The van der Waals surface area contributed by atoms with Crippen LogP contribution >= 0.6 is 0 Å². The zero-order valence-electron chi connectivity index (χ0n) is 6.67. The Labute approximate surface area is 73.8 Å². The van der Waals surface area contributed by atoms with Gasteiger partial charge in [0.05, 0.1) is 0 Å². The molecule has 0 aliphatic rings. The van der Waals surface area contributed by atoms with Crippen LogP contribution in [0.2, 0.25) is 0 Å². The van der Waals surface area contributed by atoms with Crippen LogP contribution in [0.25, 0.3) is 0 Å². The molecule has 0 atom stereocenters. The highest BCUT2D eigenvalue weighted by atomic mass is 17.0. The first kappa shape index (κ1) is 11.1. The molecule has 6 heteroatoms. The van der Waals surface area contributed by atoms with E-state index in [1.54, 1.807) is 18.2 Å². The van der Waals surface area contributed by atoms with E-state index in [1.165, 1.54) is 12.1 Å². The van der Waals surface area contributed by atoms with Gasteiger partial charge in [0.15, 0.2) is 0 Å². The Hall–Kier alpha value is -1.95. The number of benzene rings is 1. The molecule has 0 amide bonds. The quantitative estimate of drug-likeness (QED) is 0.549. The minimum absolute atomic E-state index is 0. The number of rotatable bonds is 2. The smallest absolute Gasteiger partial charge is 0.334 e. The lowest BCUT2D eigenvalue weighted by Crippen LogP contribution is -2.09. The minimum atomic E-state index is -1.13. The van der Waals surface area contributed by atoms with Gasteiger partial charge in [0.25, 0.3) is 0 Å². The van der Waals surface area contributed by atoms with Crippen molar-refractivity contribution in [3.63, 3.8) is 0 Å². The van der Waals surface area contributed by atoms with E-state index in [0.29, 0.717) is 0 Å². The van der Waals surface area contributed by atoms with E-state index in [1.807, 2.05) is 0 Å². The van der Waals surface area contributed by atoms with E-state index in [9.17, 15) is 14.9 Å². The molecule has 13 heavy (non-hydrogen) atoms.